The standard InChI is InChI=1S/C10H14N2/c1-12(2)11-9-8-10-6-4-3-5-7-10/h3-9,11H,1-2H3. The Balaban J connectivity index is 2.47. The first-order chi connectivity index (χ1) is 5.79. The maximum Gasteiger partial charge on any atom is 0.0133 e. The van der Waals surface area contributed by atoms with Crippen LogP contribution in [0.2, 0.25) is 0 Å². The van der Waals surface area contributed by atoms with Crippen molar-refractivity contribution in [3.63, 3.8) is 0 Å². The van der Waals surface area contributed by atoms with Crippen molar-refractivity contribution in [3.8, 4) is 0 Å². The van der Waals surface area contributed by atoms with E-state index in [-0.39, 0.29) is 0 Å². The van der Waals surface area contributed by atoms with Crippen molar-refractivity contribution in [2.45, 2.75) is 0 Å². The number of rotatable bonds is 3. The molecular formula is C10H14N2. The summed E-state index contributed by atoms with van der Waals surface area (Å²) in [7, 11) is 3.91. The summed E-state index contributed by atoms with van der Waals surface area (Å²) >= 11 is 0. The lowest BCUT2D eigenvalue weighted by molar-refractivity contribution is 0.344. The molecule has 2 nitrogen and oxygen atoms in total. The van der Waals surface area contributed by atoms with Gasteiger partial charge in [-0.2, -0.15) is 0 Å². The Bertz CT molecular complexity index is 239. The van der Waals surface area contributed by atoms with E-state index in [1.54, 1.807) is 0 Å². The third kappa shape index (κ3) is 3.21. The summed E-state index contributed by atoms with van der Waals surface area (Å²) in [6, 6.07) is 10.2. The molecule has 0 amide bonds. The number of nitrogens with one attached hydrogen (secondary N) is 1. The van der Waals surface area contributed by atoms with Crippen LogP contribution >= 0.6 is 0 Å². The molecule has 0 atom stereocenters. The SMILES string of the molecule is CN(C)NC=Cc1ccccc1. The van der Waals surface area contributed by atoms with Gasteiger partial charge in [0.1, 0.15) is 0 Å². The van der Waals surface area contributed by atoms with Crippen molar-refractivity contribution in [1.29, 1.82) is 0 Å². The molecule has 0 unspecified atom stereocenters. The van der Waals surface area contributed by atoms with Crippen LogP contribution in [0.1, 0.15) is 5.56 Å². The van der Waals surface area contributed by atoms with Gasteiger partial charge >= 0.3 is 0 Å². The van der Waals surface area contributed by atoms with E-state index in [1.165, 1.54) is 5.56 Å². The molecular weight excluding hydrogens is 148 g/mol. The third-order valence-electron chi connectivity index (χ3n) is 1.41. The summed E-state index contributed by atoms with van der Waals surface area (Å²) in [5.74, 6) is 0. The molecule has 1 aromatic carbocycles. The van der Waals surface area contributed by atoms with Crippen LogP contribution in [0.3, 0.4) is 0 Å². The Hall–Kier alpha value is -1.28. The molecule has 1 rings (SSSR count). The van der Waals surface area contributed by atoms with Crippen LogP contribution < -0.4 is 5.43 Å². The smallest absolute Gasteiger partial charge is 0.0133 e. The Kier molecular flexibility index (Phi) is 3.35. The van der Waals surface area contributed by atoms with E-state index in [0.29, 0.717) is 0 Å². The van der Waals surface area contributed by atoms with Crippen LogP contribution in [-0.4, -0.2) is 19.1 Å². The molecule has 0 heterocycles. The number of benzene rings is 1. The van der Waals surface area contributed by atoms with Crippen LogP contribution in [0, 0.1) is 0 Å². The van der Waals surface area contributed by atoms with Gasteiger partial charge in [0, 0.05) is 20.3 Å². The molecule has 0 saturated carbocycles. The monoisotopic (exact) mass is 162 g/mol. The molecule has 1 N–H and O–H groups in total. The van der Waals surface area contributed by atoms with Crippen LogP contribution in [0.5, 0.6) is 0 Å². The van der Waals surface area contributed by atoms with Crippen molar-refractivity contribution in [2.75, 3.05) is 14.1 Å². The summed E-state index contributed by atoms with van der Waals surface area (Å²) in [5, 5.41) is 1.89. The first-order valence-electron chi connectivity index (χ1n) is 3.94. The molecule has 0 saturated heterocycles. The normalized spacial score (nSPS) is 10.9. The Labute approximate surface area is 73.5 Å². The highest BCUT2D eigenvalue weighted by Gasteiger charge is 1.82. The average molecular weight is 162 g/mol. The average Bonchev–Trinajstić information content (AvgIpc) is 2.05. The number of hydrazine groups is 1. The highest BCUT2D eigenvalue weighted by Crippen LogP contribution is 1.99. The lowest BCUT2D eigenvalue weighted by Crippen LogP contribution is -2.24. The van der Waals surface area contributed by atoms with E-state index < -0.39 is 0 Å². The highest BCUT2D eigenvalue weighted by molar-refractivity contribution is 5.47. The van der Waals surface area contributed by atoms with E-state index in [1.807, 2.05) is 49.6 Å². The number of nitrogens with zero attached hydrogens (tertiary/aromatic N) is 1. The second-order valence-electron chi connectivity index (χ2n) is 2.77. The van der Waals surface area contributed by atoms with Gasteiger partial charge in [-0.25, -0.2) is 5.01 Å². The van der Waals surface area contributed by atoms with Crippen LogP contribution in [0.25, 0.3) is 6.08 Å². The first-order valence-corrected chi connectivity index (χ1v) is 3.94. The van der Waals surface area contributed by atoms with E-state index in [0.717, 1.165) is 0 Å². The molecule has 0 aromatic heterocycles. The van der Waals surface area contributed by atoms with Gasteiger partial charge < -0.3 is 5.43 Å². The van der Waals surface area contributed by atoms with E-state index in [4.69, 9.17) is 0 Å². The van der Waals surface area contributed by atoms with Gasteiger partial charge in [-0.15, -0.1) is 0 Å². The van der Waals surface area contributed by atoms with E-state index in [9.17, 15) is 0 Å². The van der Waals surface area contributed by atoms with Gasteiger partial charge in [-0.3, -0.25) is 0 Å². The summed E-state index contributed by atoms with van der Waals surface area (Å²) < 4.78 is 0. The Morgan fingerprint density at radius 1 is 1.17 bits per heavy atom. The highest BCUT2D eigenvalue weighted by atomic mass is 15.5. The minimum absolute atomic E-state index is 1.20. The molecule has 0 radical (unpaired) electrons. The van der Waals surface area contributed by atoms with Crippen molar-refractivity contribution in [2.24, 2.45) is 0 Å². The Morgan fingerprint density at radius 3 is 2.42 bits per heavy atom. The lowest BCUT2D eigenvalue weighted by Gasteiger charge is -2.07. The maximum absolute atomic E-state index is 3.05. The minimum Gasteiger partial charge on any atom is -0.327 e. The zero-order valence-corrected chi connectivity index (χ0v) is 7.49. The third-order valence-corrected chi connectivity index (χ3v) is 1.41. The fourth-order valence-corrected chi connectivity index (χ4v) is 0.847. The second-order valence-corrected chi connectivity index (χ2v) is 2.77. The summed E-state index contributed by atoms with van der Waals surface area (Å²) in [5.41, 5.74) is 4.25. The molecule has 64 valence electrons. The molecule has 1 aromatic rings. The van der Waals surface area contributed by atoms with Crippen LogP contribution in [0.4, 0.5) is 0 Å². The van der Waals surface area contributed by atoms with Gasteiger partial charge in [0.25, 0.3) is 0 Å². The molecule has 0 fully saturated rings. The second kappa shape index (κ2) is 4.57. The summed E-state index contributed by atoms with van der Waals surface area (Å²) in [6.07, 6.45) is 3.94. The lowest BCUT2D eigenvalue weighted by atomic mass is 10.2. The number of hydrogen-bond donors (Lipinski definition) is 1. The molecule has 0 aliphatic heterocycles. The molecule has 0 aliphatic rings. The van der Waals surface area contributed by atoms with Crippen LogP contribution in [0.15, 0.2) is 36.5 Å². The topological polar surface area (TPSA) is 15.3 Å². The fourth-order valence-electron chi connectivity index (χ4n) is 0.847. The maximum atomic E-state index is 3.05. The molecule has 0 aliphatic carbocycles. The minimum atomic E-state index is 1.20. The van der Waals surface area contributed by atoms with Crippen molar-refractivity contribution in [3.05, 3.63) is 42.1 Å². The Morgan fingerprint density at radius 2 is 1.83 bits per heavy atom. The zero-order valence-electron chi connectivity index (χ0n) is 7.49. The van der Waals surface area contributed by atoms with E-state index >= 15 is 0 Å². The predicted molar refractivity (Wildman–Crippen MR) is 52.3 cm³/mol. The van der Waals surface area contributed by atoms with Gasteiger partial charge in [0.05, 0.1) is 0 Å². The van der Waals surface area contributed by atoms with Crippen molar-refractivity contribution in [1.82, 2.24) is 10.4 Å². The summed E-state index contributed by atoms with van der Waals surface area (Å²) in [6.45, 7) is 0. The number of hydrogen-bond acceptors (Lipinski definition) is 2. The summed E-state index contributed by atoms with van der Waals surface area (Å²) in [4.78, 5) is 0. The molecule has 0 spiro atoms. The predicted octanol–water partition coefficient (Wildman–Crippen LogP) is 1.72. The van der Waals surface area contributed by atoms with Gasteiger partial charge in [0.2, 0.25) is 0 Å². The van der Waals surface area contributed by atoms with Crippen molar-refractivity contribution >= 4 is 6.08 Å². The molecule has 12 heavy (non-hydrogen) atoms. The fraction of sp³-hybridized carbons (Fsp3) is 0.200. The van der Waals surface area contributed by atoms with Crippen molar-refractivity contribution < 1.29 is 0 Å². The molecule has 2 heteroatoms. The zero-order chi connectivity index (χ0) is 8.81. The van der Waals surface area contributed by atoms with E-state index in [2.05, 4.69) is 17.6 Å². The largest absolute Gasteiger partial charge is 0.327 e. The molecule has 0 bridgehead atoms. The van der Waals surface area contributed by atoms with Gasteiger partial charge in [-0.1, -0.05) is 30.3 Å². The van der Waals surface area contributed by atoms with Gasteiger partial charge in [0.15, 0.2) is 0 Å². The van der Waals surface area contributed by atoms with Crippen LogP contribution in [-0.2, 0) is 0 Å². The first kappa shape index (κ1) is 8.81. The quantitative estimate of drug-likeness (QED) is 0.681. The van der Waals surface area contributed by atoms with Gasteiger partial charge in [-0.05, 0) is 11.6 Å².